The smallest absolute Gasteiger partial charge is 0.316 e. The lowest BCUT2D eigenvalue weighted by Gasteiger charge is -2.35. The van der Waals surface area contributed by atoms with Gasteiger partial charge in [0.15, 0.2) is 0 Å². The lowest BCUT2D eigenvalue weighted by molar-refractivity contribution is 0.209. The number of nitrogens with one attached hydrogen (secondary N) is 1. The van der Waals surface area contributed by atoms with Crippen LogP contribution in [0.1, 0.15) is 17.2 Å². The van der Waals surface area contributed by atoms with E-state index in [0.717, 1.165) is 21.3 Å². The van der Waals surface area contributed by atoms with E-state index in [2.05, 4.69) is 27.3 Å². The highest BCUT2D eigenvalue weighted by Gasteiger charge is 2.30. The van der Waals surface area contributed by atoms with Gasteiger partial charge in [-0.3, -0.25) is 0 Å². The Bertz CT molecular complexity index is 627. The minimum atomic E-state index is -0.0799. The van der Waals surface area contributed by atoms with E-state index in [0.29, 0.717) is 0 Å². The first kappa shape index (κ1) is 12.2. The van der Waals surface area contributed by atoms with E-state index in [1.807, 2.05) is 49.5 Å². The number of carbonyl (C=O) groups excluding carboxylic acids is 1. The van der Waals surface area contributed by atoms with Crippen molar-refractivity contribution in [3.8, 4) is 0 Å². The number of urea groups is 1. The predicted octanol–water partition coefficient (Wildman–Crippen LogP) is 4.02. The first-order valence-corrected chi connectivity index (χ1v) is 6.84. The zero-order chi connectivity index (χ0) is 13.4. The number of hydrogen-bond donors (Lipinski definition) is 1. The molecule has 2 aromatic rings. The maximum atomic E-state index is 12.0. The molecule has 2 amide bonds. The van der Waals surface area contributed by atoms with Crippen molar-refractivity contribution in [1.29, 1.82) is 0 Å². The molecule has 0 saturated carbocycles. The Balaban J connectivity index is 2.17. The number of nitrogens with zero attached hydrogens (tertiary/aromatic N) is 1. The van der Waals surface area contributed by atoms with Crippen molar-refractivity contribution >= 4 is 27.6 Å². The highest BCUT2D eigenvalue weighted by molar-refractivity contribution is 9.10. The van der Waals surface area contributed by atoms with Crippen LogP contribution in [0, 0.1) is 0 Å². The Hall–Kier alpha value is -1.81. The second kappa shape index (κ2) is 4.70. The van der Waals surface area contributed by atoms with Crippen LogP contribution in [0.15, 0.2) is 53.0 Å². The summed E-state index contributed by atoms with van der Waals surface area (Å²) in [6, 6.07) is 15.9. The minimum absolute atomic E-state index is 0.0533. The highest BCUT2D eigenvalue weighted by atomic mass is 79.9. The summed E-state index contributed by atoms with van der Waals surface area (Å²) < 4.78 is 1.01. The third-order valence-electron chi connectivity index (χ3n) is 3.37. The predicted molar refractivity (Wildman–Crippen MR) is 79.2 cm³/mol. The molecule has 3 rings (SSSR count). The van der Waals surface area contributed by atoms with Crippen molar-refractivity contribution in [2.24, 2.45) is 0 Å². The summed E-state index contributed by atoms with van der Waals surface area (Å²) in [5.74, 6) is 0. The maximum absolute atomic E-state index is 12.0. The van der Waals surface area contributed by atoms with Gasteiger partial charge in [0, 0.05) is 22.8 Å². The molecule has 1 heterocycles. The van der Waals surface area contributed by atoms with Gasteiger partial charge in [-0.1, -0.05) is 46.3 Å². The Morgan fingerprint density at radius 1 is 1.16 bits per heavy atom. The van der Waals surface area contributed by atoms with Crippen LogP contribution in [-0.4, -0.2) is 18.0 Å². The van der Waals surface area contributed by atoms with Crippen LogP contribution in [-0.2, 0) is 0 Å². The molecule has 0 unspecified atom stereocenters. The SMILES string of the molecule is CN1C(=O)Nc2ccc(Br)cc2[C@H]1c1ccccc1. The van der Waals surface area contributed by atoms with Gasteiger partial charge in [-0.05, 0) is 23.8 Å². The Kier molecular flexibility index (Phi) is 3.03. The summed E-state index contributed by atoms with van der Waals surface area (Å²) in [6.45, 7) is 0. The Morgan fingerprint density at radius 3 is 2.63 bits per heavy atom. The first-order valence-electron chi connectivity index (χ1n) is 6.05. The first-order chi connectivity index (χ1) is 9.16. The van der Waals surface area contributed by atoms with E-state index < -0.39 is 0 Å². The largest absolute Gasteiger partial charge is 0.322 e. The number of rotatable bonds is 1. The number of halogens is 1. The van der Waals surface area contributed by atoms with Gasteiger partial charge in [-0.15, -0.1) is 0 Å². The van der Waals surface area contributed by atoms with Gasteiger partial charge in [0.2, 0.25) is 0 Å². The molecular formula is C15H13BrN2O. The third kappa shape index (κ3) is 2.12. The van der Waals surface area contributed by atoms with Crippen LogP contribution in [0.25, 0.3) is 0 Å². The fourth-order valence-corrected chi connectivity index (χ4v) is 2.82. The topological polar surface area (TPSA) is 32.3 Å². The third-order valence-corrected chi connectivity index (χ3v) is 3.87. The van der Waals surface area contributed by atoms with Crippen molar-refractivity contribution in [3.05, 3.63) is 64.1 Å². The van der Waals surface area contributed by atoms with Gasteiger partial charge in [-0.2, -0.15) is 0 Å². The maximum Gasteiger partial charge on any atom is 0.322 e. The molecule has 0 fully saturated rings. The quantitative estimate of drug-likeness (QED) is 0.846. The minimum Gasteiger partial charge on any atom is -0.316 e. The molecule has 19 heavy (non-hydrogen) atoms. The lowest BCUT2D eigenvalue weighted by atomic mass is 9.94. The lowest BCUT2D eigenvalue weighted by Crippen LogP contribution is -2.39. The number of benzene rings is 2. The summed E-state index contributed by atoms with van der Waals surface area (Å²) in [7, 11) is 1.82. The van der Waals surface area contributed by atoms with Crippen molar-refractivity contribution in [1.82, 2.24) is 4.90 Å². The van der Waals surface area contributed by atoms with Gasteiger partial charge in [-0.25, -0.2) is 4.79 Å². The summed E-state index contributed by atoms with van der Waals surface area (Å²) in [5, 5.41) is 2.90. The van der Waals surface area contributed by atoms with E-state index in [9.17, 15) is 4.79 Å². The molecule has 96 valence electrons. The van der Waals surface area contributed by atoms with Crippen LogP contribution in [0.3, 0.4) is 0 Å². The molecule has 4 heteroatoms. The number of anilines is 1. The standard InChI is InChI=1S/C15H13BrN2O/c1-18-14(10-5-3-2-4-6-10)12-9-11(16)7-8-13(12)17-15(18)19/h2-9,14H,1H3,(H,17,19)/t14-/m1/s1. The molecule has 1 aliphatic rings. The second-order valence-corrected chi connectivity index (χ2v) is 5.50. The summed E-state index contributed by atoms with van der Waals surface area (Å²) in [4.78, 5) is 13.8. The molecule has 2 aromatic carbocycles. The summed E-state index contributed by atoms with van der Waals surface area (Å²) in [6.07, 6.45) is 0. The van der Waals surface area contributed by atoms with Crippen LogP contribution < -0.4 is 5.32 Å². The molecule has 0 aliphatic carbocycles. The van der Waals surface area contributed by atoms with Gasteiger partial charge in [0.1, 0.15) is 0 Å². The van der Waals surface area contributed by atoms with Crippen LogP contribution in [0.2, 0.25) is 0 Å². The Morgan fingerprint density at radius 2 is 1.89 bits per heavy atom. The molecule has 0 saturated heterocycles. The summed E-state index contributed by atoms with van der Waals surface area (Å²) >= 11 is 3.49. The summed E-state index contributed by atoms with van der Waals surface area (Å²) in [5.41, 5.74) is 3.09. The zero-order valence-corrected chi connectivity index (χ0v) is 12.0. The average Bonchev–Trinajstić information content (AvgIpc) is 2.42. The number of fused-ring (bicyclic) bond motifs is 1. The van der Waals surface area contributed by atoms with Crippen LogP contribution in [0.4, 0.5) is 10.5 Å². The molecule has 0 spiro atoms. The van der Waals surface area contributed by atoms with E-state index >= 15 is 0 Å². The Labute approximate surface area is 120 Å². The number of carbonyl (C=O) groups is 1. The van der Waals surface area contributed by atoms with Gasteiger partial charge in [0.05, 0.1) is 6.04 Å². The van der Waals surface area contributed by atoms with E-state index in [4.69, 9.17) is 0 Å². The van der Waals surface area contributed by atoms with Crippen molar-refractivity contribution < 1.29 is 4.79 Å². The van der Waals surface area contributed by atoms with E-state index in [-0.39, 0.29) is 12.1 Å². The molecule has 1 N–H and O–H groups in total. The van der Waals surface area contributed by atoms with Crippen LogP contribution in [0.5, 0.6) is 0 Å². The monoisotopic (exact) mass is 316 g/mol. The highest BCUT2D eigenvalue weighted by Crippen LogP contribution is 2.37. The molecule has 0 radical (unpaired) electrons. The fraction of sp³-hybridized carbons (Fsp3) is 0.133. The fourth-order valence-electron chi connectivity index (χ4n) is 2.44. The molecular weight excluding hydrogens is 304 g/mol. The van der Waals surface area contributed by atoms with Crippen molar-refractivity contribution in [2.45, 2.75) is 6.04 Å². The average molecular weight is 317 g/mol. The normalized spacial score (nSPS) is 17.9. The van der Waals surface area contributed by atoms with Gasteiger partial charge >= 0.3 is 6.03 Å². The van der Waals surface area contributed by atoms with E-state index in [1.54, 1.807) is 4.90 Å². The molecule has 0 bridgehead atoms. The second-order valence-electron chi connectivity index (χ2n) is 4.59. The van der Waals surface area contributed by atoms with Crippen molar-refractivity contribution in [3.63, 3.8) is 0 Å². The zero-order valence-electron chi connectivity index (χ0n) is 10.4. The van der Waals surface area contributed by atoms with Crippen LogP contribution >= 0.6 is 15.9 Å². The van der Waals surface area contributed by atoms with Gasteiger partial charge in [0.25, 0.3) is 0 Å². The molecule has 3 nitrogen and oxygen atoms in total. The number of amides is 2. The van der Waals surface area contributed by atoms with Gasteiger partial charge < -0.3 is 10.2 Å². The van der Waals surface area contributed by atoms with Crippen molar-refractivity contribution in [2.75, 3.05) is 12.4 Å². The molecule has 0 aromatic heterocycles. The number of hydrogen-bond acceptors (Lipinski definition) is 1. The molecule has 1 atom stereocenters. The van der Waals surface area contributed by atoms with E-state index in [1.165, 1.54) is 0 Å². The molecule has 1 aliphatic heterocycles.